The highest BCUT2D eigenvalue weighted by Crippen LogP contribution is 2.30. The van der Waals surface area contributed by atoms with Crippen LogP contribution in [0.15, 0.2) is 18.2 Å². The Morgan fingerprint density at radius 1 is 1.33 bits per heavy atom. The molecule has 0 spiro atoms. The Bertz CT molecular complexity index is 443. The van der Waals surface area contributed by atoms with Crippen LogP contribution >= 0.6 is 23.2 Å². The van der Waals surface area contributed by atoms with Crippen molar-refractivity contribution in [3.05, 3.63) is 28.2 Å². The molecule has 0 unspecified atom stereocenters. The molecule has 2 rings (SSSR count). The second kappa shape index (κ2) is 5.81. The Morgan fingerprint density at radius 2 is 2.00 bits per heavy atom. The fourth-order valence-corrected chi connectivity index (χ4v) is 2.53. The van der Waals surface area contributed by atoms with Gasteiger partial charge in [-0.1, -0.05) is 29.3 Å². The SMILES string of the molecule is CC(=O)N1CCC(Nc2cccc(Cl)c2Cl)CC1. The van der Waals surface area contributed by atoms with Crippen LogP contribution in [0.2, 0.25) is 10.0 Å². The van der Waals surface area contributed by atoms with Crippen LogP contribution in [0, 0.1) is 0 Å². The van der Waals surface area contributed by atoms with Gasteiger partial charge in [0.1, 0.15) is 0 Å². The first-order valence-electron chi connectivity index (χ1n) is 6.04. The molecule has 1 N–H and O–H groups in total. The minimum absolute atomic E-state index is 0.147. The monoisotopic (exact) mass is 286 g/mol. The molecule has 5 heteroatoms. The van der Waals surface area contributed by atoms with E-state index in [-0.39, 0.29) is 5.91 Å². The van der Waals surface area contributed by atoms with Crippen molar-refractivity contribution in [2.24, 2.45) is 0 Å². The Morgan fingerprint density at radius 3 is 2.61 bits per heavy atom. The molecule has 1 heterocycles. The number of carbonyl (C=O) groups excluding carboxylic acids is 1. The van der Waals surface area contributed by atoms with Gasteiger partial charge in [0.2, 0.25) is 5.91 Å². The molecule has 0 aromatic heterocycles. The van der Waals surface area contributed by atoms with Gasteiger partial charge in [-0.15, -0.1) is 0 Å². The summed E-state index contributed by atoms with van der Waals surface area (Å²) in [7, 11) is 0. The molecule has 0 aliphatic carbocycles. The van der Waals surface area contributed by atoms with Crippen molar-refractivity contribution in [1.82, 2.24) is 4.90 Å². The Labute approximate surface area is 117 Å². The van der Waals surface area contributed by atoms with E-state index in [9.17, 15) is 4.79 Å². The lowest BCUT2D eigenvalue weighted by molar-refractivity contribution is -0.129. The van der Waals surface area contributed by atoms with Crippen LogP contribution in [0.3, 0.4) is 0 Å². The van der Waals surface area contributed by atoms with Crippen LogP contribution < -0.4 is 5.32 Å². The van der Waals surface area contributed by atoms with Gasteiger partial charge in [-0.2, -0.15) is 0 Å². The second-order valence-corrected chi connectivity index (χ2v) is 5.31. The third-order valence-electron chi connectivity index (χ3n) is 3.25. The number of piperidine rings is 1. The van der Waals surface area contributed by atoms with Crippen LogP contribution in [0.5, 0.6) is 0 Å². The van der Waals surface area contributed by atoms with Crippen molar-refractivity contribution in [3.8, 4) is 0 Å². The Balaban J connectivity index is 1.96. The van der Waals surface area contributed by atoms with Crippen molar-refractivity contribution in [2.45, 2.75) is 25.8 Å². The lowest BCUT2D eigenvalue weighted by Gasteiger charge is -2.32. The number of benzene rings is 1. The number of rotatable bonds is 2. The van der Waals surface area contributed by atoms with Crippen molar-refractivity contribution in [3.63, 3.8) is 0 Å². The Kier molecular flexibility index (Phi) is 4.36. The molecular formula is C13H16Cl2N2O. The van der Waals surface area contributed by atoms with Gasteiger partial charge in [-0.3, -0.25) is 4.79 Å². The zero-order valence-electron chi connectivity index (χ0n) is 10.2. The summed E-state index contributed by atoms with van der Waals surface area (Å²) in [5.74, 6) is 0.147. The molecule has 0 atom stereocenters. The standard InChI is InChI=1S/C13H16Cl2N2O/c1-9(18)17-7-5-10(6-8-17)16-12-4-2-3-11(14)13(12)15/h2-4,10,16H,5-8H2,1H3. The quantitative estimate of drug-likeness (QED) is 0.904. The molecule has 0 saturated carbocycles. The lowest BCUT2D eigenvalue weighted by atomic mass is 10.0. The third-order valence-corrected chi connectivity index (χ3v) is 4.07. The summed E-state index contributed by atoms with van der Waals surface area (Å²) in [6.45, 7) is 3.21. The average Bonchev–Trinajstić information content (AvgIpc) is 2.36. The molecule has 0 bridgehead atoms. The van der Waals surface area contributed by atoms with E-state index < -0.39 is 0 Å². The van der Waals surface area contributed by atoms with E-state index in [0.717, 1.165) is 31.6 Å². The van der Waals surface area contributed by atoms with Gasteiger partial charge >= 0.3 is 0 Å². The molecule has 1 aromatic rings. The van der Waals surface area contributed by atoms with E-state index in [4.69, 9.17) is 23.2 Å². The van der Waals surface area contributed by atoms with Gasteiger partial charge in [0.25, 0.3) is 0 Å². The fourth-order valence-electron chi connectivity index (χ4n) is 2.17. The van der Waals surface area contributed by atoms with Gasteiger partial charge in [-0.25, -0.2) is 0 Å². The highest BCUT2D eigenvalue weighted by molar-refractivity contribution is 6.43. The molecule has 3 nitrogen and oxygen atoms in total. The molecule has 1 fully saturated rings. The molecule has 1 aromatic carbocycles. The van der Waals surface area contributed by atoms with Gasteiger partial charge in [0, 0.05) is 26.1 Å². The molecule has 1 aliphatic rings. The first kappa shape index (κ1) is 13.5. The summed E-state index contributed by atoms with van der Waals surface area (Å²) in [4.78, 5) is 13.1. The van der Waals surface area contributed by atoms with Crippen molar-refractivity contribution in [1.29, 1.82) is 0 Å². The van der Waals surface area contributed by atoms with Gasteiger partial charge in [0.05, 0.1) is 15.7 Å². The van der Waals surface area contributed by atoms with Crippen LogP contribution in [0.25, 0.3) is 0 Å². The van der Waals surface area contributed by atoms with Crippen molar-refractivity contribution >= 4 is 34.8 Å². The number of likely N-dealkylation sites (tertiary alicyclic amines) is 1. The van der Waals surface area contributed by atoms with E-state index in [0.29, 0.717) is 16.1 Å². The number of nitrogens with one attached hydrogen (secondary N) is 1. The topological polar surface area (TPSA) is 32.3 Å². The smallest absolute Gasteiger partial charge is 0.219 e. The summed E-state index contributed by atoms with van der Waals surface area (Å²) < 4.78 is 0. The summed E-state index contributed by atoms with van der Waals surface area (Å²) in [5.41, 5.74) is 0.866. The number of anilines is 1. The van der Waals surface area contributed by atoms with Crippen molar-refractivity contribution in [2.75, 3.05) is 18.4 Å². The van der Waals surface area contributed by atoms with Crippen LogP contribution in [0.1, 0.15) is 19.8 Å². The van der Waals surface area contributed by atoms with Crippen LogP contribution in [-0.2, 0) is 4.79 Å². The van der Waals surface area contributed by atoms with E-state index in [1.165, 1.54) is 0 Å². The highest BCUT2D eigenvalue weighted by atomic mass is 35.5. The van der Waals surface area contributed by atoms with Crippen LogP contribution in [0.4, 0.5) is 5.69 Å². The summed E-state index contributed by atoms with van der Waals surface area (Å²) in [6, 6.07) is 5.91. The second-order valence-electron chi connectivity index (χ2n) is 4.53. The number of carbonyl (C=O) groups is 1. The largest absolute Gasteiger partial charge is 0.381 e. The molecule has 1 aliphatic heterocycles. The molecular weight excluding hydrogens is 271 g/mol. The van der Waals surface area contributed by atoms with E-state index in [2.05, 4.69) is 5.32 Å². The van der Waals surface area contributed by atoms with Gasteiger partial charge in [0.15, 0.2) is 0 Å². The van der Waals surface area contributed by atoms with Crippen LogP contribution in [-0.4, -0.2) is 29.9 Å². The third kappa shape index (κ3) is 3.09. The predicted molar refractivity (Wildman–Crippen MR) is 75.4 cm³/mol. The number of nitrogens with zero attached hydrogens (tertiary/aromatic N) is 1. The highest BCUT2D eigenvalue weighted by Gasteiger charge is 2.21. The fraction of sp³-hybridized carbons (Fsp3) is 0.462. The van der Waals surface area contributed by atoms with E-state index in [1.807, 2.05) is 17.0 Å². The first-order valence-corrected chi connectivity index (χ1v) is 6.79. The van der Waals surface area contributed by atoms with Crippen molar-refractivity contribution < 1.29 is 4.79 Å². The van der Waals surface area contributed by atoms with E-state index in [1.54, 1.807) is 13.0 Å². The number of halogens is 2. The van der Waals surface area contributed by atoms with Gasteiger partial charge < -0.3 is 10.2 Å². The zero-order valence-corrected chi connectivity index (χ0v) is 11.8. The zero-order chi connectivity index (χ0) is 13.1. The maximum Gasteiger partial charge on any atom is 0.219 e. The minimum atomic E-state index is 0.147. The number of hydrogen-bond donors (Lipinski definition) is 1. The molecule has 0 radical (unpaired) electrons. The number of hydrogen-bond acceptors (Lipinski definition) is 2. The molecule has 98 valence electrons. The summed E-state index contributed by atoms with van der Waals surface area (Å²) in [6.07, 6.45) is 1.87. The molecule has 1 amide bonds. The predicted octanol–water partition coefficient (Wildman–Crippen LogP) is 3.42. The number of amides is 1. The average molecular weight is 287 g/mol. The molecule has 1 saturated heterocycles. The van der Waals surface area contributed by atoms with Gasteiger partial charge in [-0.05, 0) is 25.0 Å². The van der Waals surface area contributed by atoms with E-state index >= 15 is 0 Å². The normalized spacial score (nSPS) is 16.7. The summed E-state index contributed by atoms with van der Waals surface area (Å²) >= 11 is 12.1. The molecule has 18 heavy (non-hydrogen) atoms. The summed E-state index contributed by atoms with van der Waals surface area (Å²) in [5, 5.41) is 4.52. The lowest BCUT2D eigenvalue weighted by Crippen LogP contribution is -2.41. The first-order chi connectivity index (χ1) is 8.58. The maximum absolute atomic E-state index is 11.2. The minimum Gasteiger partial charge on any atom is -0.381 e. The maximum atomic E-state index is 11.2. The Hall–Kier alpha value is -0.930.